The second-order valence-corrected chi connectivity index (χ2v) is 7.20. The number of thioether (sulfide) groups is 1. The highest BCUT2D eigenvalue weighted by Gasteiger charge is 2.27. The molecule has 0 bridgehead atoms. The van der Waals surface area contributed by atoms with Crippen LogP contribution >= 0.6 is 11.8 Å². The number of hydrogen-bond donors (Lipinski definition) is 1. The molecule has 1 fully saturated rings. The van der Waals surface area contributed by atoms with Crippen molar-refractivity contribution in [3.05, 3.63) is 47.3 Å². The highest BCUT2D eigenvalue weighted by molar-refractivity contribution is 7.98. The summed E-state index contributed by atoms with van der Waals surface area (Å²) in [6.45, 7) is 4.23. The van der Waals surface area contributed by atoms with Crippen LogP contribution in [0, 0.1) is 6.92 Å². The number of likely N-dealkylation sites (tertiary alicyclic amines) is 1. The van der Waals surface area contributed by atoms with Crippen LogP contribution in [-0.2, 0) is 13.6 Å². The second-order valence-electron chi connectivity index (χ2n) is 6.35. The SMILES string of the molecule is CSc1cc(C)ccc1CNC(=O)N1CC[C@@H](c2cnn(C)c2)C1. The molecule has 6 heteroatoms. The number of carbonyl (C=O) groups excluding carboxylic acids is 1. The number of aromatic nitrogens is 2. The molecule has 0 saturated carbocycles. The summed E-state index contributed by atoms with van der Waals surface area (Å²) in [4.78, 5) is 15.6. The number of hydrogen-bond acceptors (Lipinski definition) is 3. The van der Waals surface area contributed by atoms with Gasteiger partial charge in [0.25, 0.3) is 0 Å². The van der Waals surface area contributed by atoms with Crippen LogP contribution < -0.4 is 5.32 Å². The molecule has 1 saturated heterocycles. The molecule has 0 spiro atoms. The molecule has 1 aromatic heterocycles. The van der Waals surface area contributed by atoms with E-state index >= 15 is 0 Å². The monoisotopic (exact) mass is 344 g/mol. The first-order valence-electron chi connectivity index (χ1n) is 8.21. The summed E-state index contributed by atoms with van der Waals surface area (Å²) < 4.78 is 1.82. The van der Waals surface area contributed by atoms with Gasteiger partial charge in [0, 0.05) is 43.7 Å². The van der Waals surface area contributed by atoms with Gasteiger partial charge in [-0.25, -0.2) is 4.79 Å². The van der Waals surface area contributed by atoms with Crippen molar-refractivity contribution in [1.82, 2.24) is 20.0 Å². The van der Waals surface area contributed by atoms with Crippen molar-refractivity contribution < 1.29 is 4.79 Å². The molecule has 1 aromatic carbocycles. The van der Waals surface area contributed by atoms with Crippen molar-refractivity contribution in [3.8, 4) is 0 Å². The molecule has 5 nitrogen and oxygen atoms in total. The van der Waals surface area contributed by atoms with Gasteiger partial charge in [-0.2, -0.15) is 5.10 Å². The Labute approximate surface area is 147 Å². The van der Waals surface area contributed by atoms with Crippen molar-refractivity contribution in [2.45, 2.75) is 30.7 Å². The van der Waals surface area contributed by atoms with E-state index in [0.29, 0.717) is 12.5 Å². The maximum Gasteiger partial charge on any atom is 0.317 e. The molecule has 0 aliphatic carbocycles. The second kappa shape index (κ2) is 7.30. The number of benzene rings is 1. The van der Waals surface area contributed by atoms with Crippen LogP contribution in [0.5, 0.6) is 0 Å². The minimum Gasteiger partial charge on any atom is -0.334 e. The molecular formula is C18H24N4OS. The smallest absolute Gasteiger partial charge is 0.317 e. The Balaban J connectivity index is 1.56. The molecule has 3 rings (SSSR count). The zero-order chi connectivity index (χ0) is 17.1. The van der Waals surface area contributed by atoms with E-state index in [1.54, 1.807) is 11.8 Å². The molecule has 1 N–H and O–H groups in total. The molecule has 2 heterocycles. The Morgan fingerprint density at radius 1 is 1.46 bits per heavy atom. The maximum atomic E-state index is 12.5. The average molecular weight is 344 g/mol. The number of rotatable bonds is 4. The fourth-order valence-corrected chi connectivity index (χ4v) is 3.85. The van der Waals surface area contributed by atoms with E-state index in [0.717, 1.165) is 19.5 Å². The topological polar surface area (TPSA) is 50.2 Å². The van der Waals surface area contributed by atoms with E-state index in [9.17, 15) is 4.79 Å². The van der Waals surface area contributed by atoms with E-state index in [1.165, 1.54) is 21.6 Å². The summed E-state index contributed by atoms with van der Waals surface area (Å²) in [5.74, 6) is 0.394. The molecule has 0 radical (unpaired) electrons. The van der Waals surface area contributed by atoms with Gasteiger partial charge in [-0.3, -0.25) is 4.68 Å². The number of urea groups is 1. The Bertz CT molecular complexity index is 728. The highest BCUT2D eigenvalue weighted by atomic mass is 32.2. The third-order valence-electron chi connectivity index (χ3n) is 4.54. The fraction of sp³-hybridized carbons (Fsp3) is 0.444. The first-order valence-corrected chi connectivity index (χ1v) is 9.44. The molecule has 2 amide bonds. The largest absolute Gasteiger partial charge is 0.334 e. The van der Waals surface area contributed by atoms with E-state index in [-0.39, 0.29) is 6.03 Å². The fourth-order valence-electron chi connectivity index (χ4n) is 3.15. The number of nitrogens with zero attached hydrogens (tertiary/aromatic N) is 3. The van der Waals surface area contributed by atoms with Gasteiger partial charge < -0.3 is 10.2 Å². The first-order chi connectivity index (χ1) is 11.6. The average Bonchev–Trinajstić information content (AvgIpc) is 3.22. The summed E-state index contributed by atoms with van der Waals surface area (Å²) >= 11 is 1.72. The van der Waals surface area contributed by atoms with Gasteiger partial charge in [-0.1, -0.05) is 12.1 Å². The van der Waals surface area contributed by atoms with Crippen LogP contribution in [0.1, 0.15) is 29.0 Å². The molecule has 1 atom stereocenters. The highest BCUT2D eigenvalue weighted by Crippen LogP contribution is 2.27. The molecule has 1 aliphatic heterocycles. The predicted octanol–water partition coefficient (Wildman–Crippen LogP) is 3.15. The number of nitrogens with one attached hydrogen (secondary N) is 1. The lowest BCUT2D eigenvalue weighted by Gasteiger charge is -2.18. The predicted molar refractivity (Wildman–Crippen MR) is 97.3 cm³/mol. The summed E-state index contributed by atoms with van der Waals surface area (Å²) in [5, 5.41) is 7.29. The van der Waals surface area contributed by atoms with Crippen molar-refractivity contribution in [2.24, 2.45) is 7.05 Å². The van der Waals surface area contributed by atoms with E-state index in [1.807, 2.05) is 29.0 Å². The number of amides is 2. The van der Waals surface area contributed by atoms with Gasteiger partial charge in [-0.05, 0) is 42.4 Å². The lowest BCUT2D eigenvalue weighted by Crippen LogP contribution is -2.38. The van der Waals surface area contributed by atoms with Crippen LogP contribution in [0.4, 0.5) is 4.79 Å². The van der Waals surface area contributed by atoms with Crippen LogP contribution in [0.25, 0.3) is 0 Å². The lowest BCUT2D eigenvalue weighted by molar-refractivity contribution is 0.207. The summed E-state index contributed by atoms with van der Waals surface area (Å²) in [5.41, 5.74) is 3.63. The lowest BCUT2D eigenvalue weighted by atomic mass is 10.0. The van der Waals surface area contributed by atoms with Crippen molar-refractivity contribution >= 4 is 17.8 Å². The zero-order valence-electron chi connectivity index (χ0n) is 14.5. The zero-order valence-corrected chi connectivity index (χ0v) is 15.3. The van der Waals surface area contributed by atoms with Crippen LogP contribution in [0.2, 0.25) is 0 Å². The standard InChI is InChI=1S/C18H24N4OS/c1-13-4-5-14(17(8-13)24-3)9-19-18(23)22-7-6-15(12-22)16-10-20-21(2)11-16/h4-5,8,10-11,15H,6-7,9,12H2,1-3H3,(H,19,23)/t15-/m1/s1. The number of carbonyl (C=O) groups is 1. The van der Waals surface area contributed by atoms with Crippen molar-refractivity contribution in [2.75, 3.05) is 19.3 Å². The Hall–Kier alpha value is -1.95. The Morgan fingerprint density at radius 2 is 2.29 bits per heavy atom. The quantitative estimate of drug-likeness (QED) is 0.867. The molecule has 2 aromatic rings. The molecule has 0 unspecified atom stereocenters. The molecular weight excluding hydrogens is 320 g/mol. The van der Waals surface area contributed by atoms with Gasteiger partial charge in [0.15, 0.2) is 0 Å². The minimum atomic E-state index is 0.0222. The summed E-state index contributed by atoms with van der Waals surface area (Å²) in [7, 11) is 1.92. The number of aryl methyl sites for hydroxylation is 2. The van der Waals surface area contributed by atoms with Gasteiger partial charge in [0.1, 0.15) is 0 Å². The molecule has 1 aliphatic rings. The van der Waals surface area contributed by atoms with Crippen LogP contribution in [-0.4, -0.2) is 40.1 Å². The molecule has 128 valence electrons. The van der Waals surface area contributed by atoms with Crippen molar-refractivity contribution in [1.29, 1.82) is 0 Å². The van der Waals surface area contributed by atoms with Gasteiger partial charge >= 0.3 is 6.03 Å². The maximum absolute atomic E-state index is 12.5. The van der Waals surface area contributed by atoms with Gasteiger partial charge in [0.05, 0.1) is 6.20 Å². The minimum absolute atomic E-state index is 0.0222. The van der Waals surface area contributed by atoms with E-state index in [4.69, 9.17) is 0 Å². The Kier molecular flexibility index (Phi) is 5.14. The molecule has 24 heavy (non-hydrogen) atoms. The summed E-state index contributed by atoms with van der Waals surface area (Å²) in [6.07, 6.45) is 7.02. The summed E-state index contributed by atoms with van der Waals surface area (Å²) in [6, 6.07) is 6.38. The van der Waals surface area contributed by atoms with Gasteiger partial charge in [0.2, 0.25) is 0 Å². The third-order valence-corrected chi connectivity index (χ3v) is 5.36. The van der Waals surface area contributed by atoms with Crippen LogP contribution in [0.3, 0.4) is 0 Å². The first kappa shape index (κ1) is 16.9. The normalized spacial score (nSPS) is 17.3. The van der Waals surface area contributed by atoms with Crippen LogP contribution in [0.15, 0.2) is 35.5 Å². The van der Waals surface area contributed by atoms with E-state index < -0.39 is 0 Å². The van der Waals surface area contributed by atoms with Crippen molar-refractivity contribution in [3.63, 3.8) is 0 Å². The Morgan fingerprint density at radius 3 is 3.00 bits per heavy atom. The van der Waals surface area contributed by atoms with E-state index in [2.05, 4.69) is 41.8 Å². The van der Waals surface area contributed by atoms with Gasteiger partial charge in [-0.15, -0.1) is 11.8 Å². The third kappa shape index (κ3) is 3.75.